The SMILES string of the molecule is C=C1C(=O)O[C@@H]2C[C@@H]3C4(CC[C@]5(C)[C@@H]([C@H](C)CC/C=C(\C)C=O)CC[C@@]35C)C[C@]4(CCC(=O)OC)C12. The van der Waals surface area contributed by atoms with Gasteiger partial charge in [0, 0.05) is 17.9 Å². The zero-order chi connectivity index (χ0) is 26.1. The van der Waals surface area contributed by atoms with Gasteiger partial charge in [0.05, 0.1) is 7.11 Å². The average Bonchev–Trinajstić information content (AvgIpc) is 3.31. The summed E-state index contributed by atoms with van der Waals surface area (Å²) in [6.07, 6.45) is 13.0. The van der Waals surface area contributed by atoms with Gasteiger partial charge in [-0.2, -0.15) is 0 Å². The minimum absolute atomic E-state index is 0.0443. The van der Waals surface area contributed by atoms with Crippen molar-refractivity contribution in [2.45, 2.75) is 98.0 Å². The molecule has 4 aliphatic carbocycles. The fraction of sp³-hybridized carbons (Fsp3) is 0.774. The predicted octanol–water partition coefficient (Wildman–Crippen LogP) is 6.21. The Labute approximate surface area is 216 Å². The molecule has 0 amide bonds. The molecule has 5 rings (SSSR count). The normalized spacial score (nSPS) is 45.6. The van der Waals surface area contributed by atoms with E-state index in [1.54, 1.807) is 0 Å². The van der Waals surface area contributed by atoms with Crippen LogP contribution in [0.2, 0.25) is 0 Å². The minimum atomic E-state index is -0.229. The van der Waals surface area contributed by atoms with Crippen LogP contribution in [0, 0.1) is 45.3 Å². The van der Waals surface area contributed by atoms with E-state index in [1.165, 1.54) is 32.8 Å². The Balaban J connectivity index is 1.44. The third-order valence-electron chi connectivity index (χ3n) is 12.4. The number of allylic oxidation sites excluding steroid dienone is 2. The van der Waals surface area contributed by atoms with E-state index in [2.05, 4.69) is 33.4 Å². The molecule has 4 saturated carbocycles. The summed E-state index contributed by atoms with van der Waals surface area (Å²) in [5.41, 5.74) is 2.00. The topological polar surface area (TPSA) is 69.7 Å². The van der Waals surface area contributed by atoms with Crippen LogP contribution in [0.5, 0.6) is 0 Å². The first kappa shape index (κ1) is 25.7. The van der Waals surface area contributed by atoms with E-state index in [0.29, 0.717) is 29.7 Å². The van der Waals surface area contributed by atoms with Gasteiger partial charge in [0.1, 0.15) is 12.4 Å². The second kappa shape index (κ2) is 8.56. The van der Waals surface area contributed by atoms with Crippen LogP contribution in [-0.2, 0) is 23.9 Å². The molecule has 9 atom stereocenters. The van der Waals surface area contributed by atoms with Crippen molar-refractivity contribution >= 4 is 18.2 Å². The number of ether oxygens (including phenoxy) is 2. The molecule has 1 saturated heterocycles. The molecule has 2 unspecified atom stereocenters. The summed E-state index contributed by atoms with van der Waals surface area (Å²) in [4.78, 5) is 35.9. The molecule has 36 heavy (non-hydrogen) atoms. The van der Waals surface area contributed by atoms with Gasteiger partial charge < -0.3 is 9.47 Å². The number of hydrogen-bond acceptors (Lipinski definition) is 5. The van der Waals surface area contributed by atoms with Crippen molar-refractivity contribution in [1.82, 2.24) is 0 Å². The molecule has 0 bridgehead atoms. The second-order valence-electron chi connectivity index (χ2n) is 13.4. The van der Waals surface area contributed by atoms with Crippen molar-refractivity contribution in [2.24, 2.45) is 45.3 Å². The van der Waals surface area contributed by atoms with Crippen LogP contribution in [0.25, 0.3) is 0 Å². The highest BCUT2D eigenvalue weighted by atomic mass is 16.6. The first-order valence-electron chi connectivity index (χ1n) is 14.1. The summed E-state index contributed by atoms with van der Waals surface area (Å²) in [6.45, 7) is 13.6. The average molecular weight is 497 g/mol. The molecule has 1 spiro atoms. The molecule has 5 heteroatoms. The zero-order valence-corrected chi connectivity index (χ0v) is 22.9. The van der Waals surface area contributed by atoms with Crippen LogP contribution in [-0.4, -0.2) is 31.4 Å². The van der Waals surface area contributed by atoms with Gasteiger partial charge in [-0.15, -0.1) is 0 Å². The fourth-order valence-electron chi connectivity index (χ4n) is 10.4. The molecule has 0 aromatic carbocycles. The Morgan fingerprint density at radius 2 is 2.00 bits per heavy atom. The number of methoxy groups -OCH3 is 1. The van der Waals surface area contributed by atoms with Crippen molar-refractivity contribution < 1.29 is 23.9 Å². The molecule has 5 aliphatic rings. The van der Waals surface area contributed by atoms with E-state index in [1.807, 2.05) is 6.92 Å². The van der Waals surface area contributed by atoms with E-state index in [4.69, 9.17) is 9.47 Å². The van der Waals surface area contributed by atoms with Crippen LogP contribution in [0.1, 0.15) is 91.9 Å². The molecule has 1 heterocycles. The number of hydrogen-bond donors (Lipinski definition) is 0. The number of esters is 2. The summed E-state index contributed by atoms with van der Waals surface area (Å²) in [5, 5.41) is 0. The zero-order valence-electron chi connectivity index (χ0n) is 22.9. The largest absolute Gasteiger partial charge is 0.469 e. The van der Waals surface area contributed by atoms with E-state index in [0.717, 1.165) is 44.0 Å². The molecular weight excluding hydrogens is 452 g/mol. The summed E-state index contributed by atoms with van der Waals surface area (Å²) in [7, 11) is 1.46. The summed E-state index contributed by atoms with van der Waals surface area (Å²) >= 11 is 0. The Kier molecular flexibility index (Phi) is 6.12. The van der Waals surface area contributed by atoms with Crippen molar-refractivity contribution in [3.05, 3.63) is 23.8 Å². The third-order valence-corrected chi connectivity index (χ3v) is 12.4. The quantitative estimate of drug-likeness (QED) is 0.227. The maximum Gasteiger partial charge on any atom is 0.334 e. The van der Waals surface area contributed by atoms with E-state index in [-0.39, 0.29) is 45.6 Å². The van der Waals surface area contributed by atoms with Crippen LogP contribution in [0.4, 0.5) is 0 Å². The molecule has 5 nitrogen and oxygen atoms in total. The Morgan fingerprint density at radius 1 is 1.25 bits per heavy atom. The van der Waals surface area contributed by atoms with E-state index >= 15 is 0 Å². The third kappa shape index (κ3) is 3.29. The van der Waals surface area contributed by atoms with Gasteiger partial charge in [-0.3, -0.25) is 9.59 Å². The number of aldehydes is 1. The maximum atomic E-state index is 12.7. The highest BCUT2D eigenvalue weighted by Gasteiger charge is 2.83. The van der Waals surface area contributed by atoms with Crippen LogP contribution >= 0.6 is 0 Å². The molecule has 0 aromatic rings. The lowest BCUT2D eigenvalue weighted by Gasteiger charge is -2.61. The lowest BCUT2D eigenvalue weighted by Crippen LogP contribution is -2.56. The number of carbonyl (C=O) groups excluding carboxylic acids is 3. The standard InChI is InChI=1S/C31H44O5/c1-19(17-32)8-7-9-20(2)22-10-12-29(5)24-16-23-26(21(3)27(34)36-23)31(13-11-25(33)35-6)18-30(24,31)15-14-28(22,29)4/h8,17,20,22-24,26H,3,7,9-16,18H2,1-2,4-6H3/b19-8+/t20-,22-,23-,24+,26?,28-,29+,30?,31-/m1/s1. The van der Waals surface area contributed by atoms with Crippen LogP contribution in [0.15, 0.2) is 23.8 Å². The number of carbonyl (C=O) groups is 3. The fourth-order valence-corrected chi connectivity index (χ4v) is 10.4. The van der Waals surface area contributed by atoms with Crippen molar-refractivity contribution in [1.29, 1.82) is 0 Å². The van der Waals surface area contributed by atoms with Gasteiger partial charge in [-0.25, -0.2) is 4.79 Å². The van der Waals surface area contributed by atoms with Crippen LogP contribution in [0.3, 0.4) is 0 Å². The molecule has 0 aromatic heterocycles. The Hall–Kier alpha value is -1.91. The van der Waals surface area contributed by atoms with Gasteiger partial charge in [-0.1, -0.05) is 33.4 Å². The van der Waals surface area contributed by atoms with Gasteiger partial charge >= 0.3 is 11.9 Å². The highest BCUT2D eigenvalue weighted by molar-refractivity contribution is 5.91. The Morgan fingerprint density at radius 3 is 2.69 bits per heavy atom. The molecular formula is C31H44O5. The van der Waals surface area contributed by atoms with Crippen molar-refractivity contribution in [3.63, 3.8) is 0 Å². The second-order valence-corrected chi connectivity index (χ2v) is 13.4. The smallest absolute Gasteiger partial charge is 0.334 e. The molecule has 198 valence electrons. The molecule has 1 aliphatic heterocycles. The molecule has 0 N–H and O–H groups in total. The summed E-state index contributed by atoms with van der Waals surface area (Å²) < 4.78 is 11.0. The highest BCUT2D eigenvalue weighted by Crippen LogP contribution is 2.88. The van der Waals surface area contributed by atoms with E-state index in [9.17, 15) is 14.4 Å². The Bertz CT molecular complexity index is 1010. The minimum Gasteiger partial charge on any atom is -0.469 e. The lowest BCUT2D eigenvalue weighted by molar-refractivity contribution is -0.158. The van der Waals surface area contributed by atoms with E-state index < -0.39 is 0 Å². The van der Waals surface area contributed by atoms with Gasteiger partial charge in [0.25, 0.3) is 0 Å². The van der Waals surface area contributed by atoms with Crippen molar-refractivity contribution in [2.75, 3.05) is 7.11 Å². The number of rotatable bonds is 8. The van der Waals surface area contributed by atoms with Crippen molar-refractivity contribution in [3.8, 4) is 0 Å². The lowest BCUT2D eigenvalue weighted by atomic mass is 9.43. The first-order valence-corrected chi connectivity index (χ1v) is 14.1. The predicted molar refractivity (Wildman–Crippen MR) is 138 cm³/mol. The monoisotopic (exact) mass is 496 g/mol. The van der Waals surface area contributed by atoms with Gasteiger partial charge in [0.2, 0.25) is 0 Å². The molecule has 5 fully saturated rings. The maximum absolute atomic E-state index is 12.7. The molecule has 0 radical (unpaired) electrons. The van der Waals surface area contributed by atoms with Gasteiger partial charge in [-0.05, 0) is 110 Å². The first-order chi connectivity index (χ1) is 17.0. The summed E-state index contributed by atoms with van der Waals surface area (Å²) in [5.74, 6) is 1.41. The van der Waals surface area contributed by atoms with Gasteiger partial charge in [0.15, 0.2) is 0 Å². The summed E-state index contributed by atoms with van der Waals surface area (Å²) in [6, 6.07) is 0. The number of fused-ring (bicyclic) bond motifs is 4. The van der Waals surface area contributed by atoms with Crippen LogP contribution < -0.4 is 0 Å².